The van der Waals surface area contributed by atoms with E-state index in [-0.39, 0.29) is 44.7 Å². The number of nitrogens with two attached hydrogens (primary N) is 1. The van der Waals surface area contributed by atoms with Crippen LogP contribution in [0.25, 0.3) is 0 Å². The minimum atomic E-state index is 0. The van der Waals surface area contributed by atoms with Gasteiger partial charge in [-0.2, -0.15) is 17.7 Å². The number of hydrogen-bond donors (Lipinski definition) is 1. The van der Waals surface area contributed by atoms with Gasteiger partial charge in [0.15, 0.2) is 0 Å². The van der Waals surface area contributed by atoms with Crippen LogP contribution in [0.1, 0.15) is 57.1 Å². The molecule has 2 fully saturated rings. The van der Waals surface area contributed by atoms with E-state index in [0.717, 1.165) is 42.9 Å². The number of carbonyl (C=O) groups excluding carboxylic acids is 1. The number of amides is 1. The van der Waals surface area contributed by atoms with E-state index in [1.165, 1.54) is 12.8 Å². The molecule has 1 aromatic rings. The summed E-state index contributed by atoms with van der Waals surface area (Å²) in [5, 5.41) is 0. The summed E-state index contributed by atoms with van der Waals surface area (Å²) in [6, 6.07) is 6.97. The molecule has 1 heterocycles. The number of likely N-dealkylation sites (tertiary alicyclic amines) is 1. The number of hydrogen-bond acceptors (Lipinski definition) is 3. The van der Waals surface area contributed by atoms with Gasteiger partial charge in [-0.15, -0.1) is 11.6 Å². The summed E-state index contributed by atoms with van der Waals surface area (Å²) in [7, 11) is 0. The van der Waals surface area contributed by atoms with Crippen molar-refractivity contribution in [2.75, 3.05) is 18.9 Å². The first-order valence-electron chi connectivity index (χ1n) is 13.0. The van der Waals surface area contributed by atoms with Gasteiger partial charge in [0.2, 0.25) is 5.91 Å². The van der Waals surface area contributed by atoms with Crippen molar-refractivity contribution in [3.63, 3.8) is 0 Å². The van der Waals surface area contributed by atoms with Gasteiger partial charge >= 0.3 is 0 Å². The van der Waals surface area contributed by atoms with E-state index in [4.69, 9.17) is 193 Å². The van der Waals surface area contributed by atoms with Gasteiger partial charge < -0.3 is 15.4 Å². The van der Waals surface area contributed by atoms with E-state index in [2.05, 4.69) is 19.9 Å². The van der Waals surface area contributed by atoms with Crippen molar-refractivity contribution >= 4 is 11.6 Å². The number of carbonyl (C=O) groups is 1. The Hall–Kier alpha value is -3.25. The van der Waals surface area contributed by atoms with Crippen molar-refractivity contribution in [1.82, 2.24) is 4.90 Å². The number of rotatable bonds is 5. The fourth-order valence-electron chi connectivity index (χ4n) is 4.36. The maximum Gasteiger partial charge on any atom is 0.215 e. The quantitative estimate of drug-likeness (QED) is 0.182. The second-order valence-electron chi connectivity index (χ2n) is 8.53. The maximum atomic E-state index is 12.9. The smallest absolute Gasteiger partial charge is 0.215 e. The summed E-state index contributed by atoms with van der Waals surface area (Å²) in [5.74, 6) is 1.57. The van der Waals surface area contributed by atoms with Crippen LogP contribution in [0, 0.1) is 24.8 Å². The number of benzene rings is 1. The van der Waals surface area contributed by atoms with Crippen LogP contribution in [0.4, 0.5) is 189 Å². The Bertz CT molecular complexity index is 694. The molecule has 1 saturated heterocycles. The van der Waals surface area contributed by atoms with Crippen molar-refractivity contribution in [3.8, 4) is 0 Å². The number of ether oxygens (including phenoxy) is 1. The van der Waals surface area contributed by atoms with E-state index in [1.54, 1.807) is 0 Å². The van der Waals surface area contributed by atoms with E-state index in [0.29, 0.717) is 30.7 Å². The van der Waals surface area contributed by atoms with Gasteiger partial charge in [0.25, 0.3) is 0 Å². The summed E-state index contributed by atoms with van der Waals surface area (Å²) < 4.78 is 326. The molecule has 2 atom stereocenters. The molecule has 0 spiro atoms. The zero-order valence-corrected chi connectivity index (χ0v) is 35.0. The molecule has 1 amide bonds. The fourth-order valence-corrected chi connectivity index (χ4v) is 4.36. The van der Waals surface area contributed by atoms with Crippen molar-refractivity contribution in [2.45, 2.75) is 71.4 Å². The number of anilines is 1. The van der Waals surface area contributed by atoms with Gasteiger partial charge in [-0.1, -0.05) is 26.5 Å². The van der Waals surface area contributed by atoms with Crippen LogP contribution >= 0.6 is 0 Å². The van der Waals surface area contributed by atoms with E-state index in [9.17, 15) is 4.79 Å². The Kier molecular flexibility index (Phi) is 350. The third-order valence-corrected chi connectivity index (χ3v) is 6.06. The zero-order valence-electron chi connectivity index (χ0n) is 32.2. The van der Waals surface area contributed by atoms with Gasteiger partial charge in [0.1, 0.15) is 0 Å². The Morgan fingerprint density at radius 3 is 1.09 bits per heavy atom. The monoisotopic (exact) mass is 1210 g/mol. The van der Waals surface area contributed by atoms with Crippen molar-refractivity contribution in [1.29, 1.82) is 0 Å². The molecule has 427 valence electrons. The number of nitrogens with zero attached hydrogens (tertiary/aromatic N) is 1. The summed E-state index contributed by atoms with van der Waals surface area (Å²) >= 11 is 0. The van der Waals surface area contributed by atoms with Crippen LogP contribution in [0.2, 0.25) is 0 Å². The molecular formula is C22H33F40N2O2Y-. The molecule has 1 aliphatic carbocycles. The van der Waals surface area contributed by atoms with E-state index in [1.807, 2.05) is 24.0 Å². The average molecular weight is 1210 g/mol. The van der Waals surface area contributed by atoms with Crippen LogP contribution in [-0.4, -0.2) is 36.1 Å². The number of nitrogen functional groups attached to an aromatic ring is 1. The van der Waals surface area contributed by atoms with Gasteiger partial charge in [-0.25, -0.2) is 0 Å². The zero-order chi connectivity index (χ0) is 58.7. The Morgan fingerprint density at radius 2 is 0.821 bits per heavy atom. The molecule has 0 aromatic heterocycles. The molecular weight excluding hydrogens is 1170 g/mol. The van der Waals surface area contributed by atoms with Crippen molar-refractivity contribution in [2.24, 2.45) is 11.8 Å². The Balaban J connectivity index is -0.0000000280. The van der Waals surface area contributed by atoms with Gasteiger partial charge in [-0.05, 0) is 43.9 Å². The third-order valence-electron chi connectivity index (χ3n) is 6.06. The predicted molar refractivity (Wildman–Crippen MR) is 149 cm³/mol. The first-order chi connectivity index (χ1) is 32.4. The molecule has 0 unspecified atom stereocenters. The SMILES string of the molecule is Cc1cc(N)[c-]cc1CC(=O)N1C[C@@H](C)C[C@H]1COC1CCC(C)CC1.FF.FF.FF.FF.FF.FF.FF.FF.FF.FF.FF.FF.FF.FF.FF.FF.FF.FF.FF.FF.[Y]. The minimum Gasteiger partial charge on any atom is -0.420 e. The Labute approximate surface area is 373 Å². The molecule has 0 bridgehead atoms. The maximum absolute atomic E-state index is 12.9. The third kappa shape index (κ3) is 116. The Morgan fingerprint density at radius 1 is 0.537 bits per heavy atom. The first-order valence-corrected chi connectivity index (χ1v) is 13.0. The summed E-state index contributed by atoms with van der Waals surface area (Å²) in [6.07, 6.45) is 6.71. The van der Waals surface area contributed by atoms with Crippen molar-refractivity contribution < 1.29 is 225 Å². The normalized spacial score (nSPS) is 13.1. The summed E-state index contributed by atoms with van der Waals surface area (Å²) in [5.41, 5.74) is 8.48. The molecule has 67 heavy (non-hydrogen) atoms. The van der Waals surface area contributed by atoms with Crippen LogP contribution in [0.5, 0.6) is 0 Å². The van der Waals surface area contributed by atoms with Gasteiger partial charge in [-0.3, -0.25) is 4.79 Å². The molecule has 1 saturated carbocycles. The molecule has 1 radical (unpaired) electrons. The fraction of sp³-hybridized carbons (Fsp3) is 0.682. The van der Waals surface area contributed by atoms with Crippen LogP contribution in [-0.2, 0) is 48.7 Å². The minimum absolute atomic E-state index is 0. The van der Waals surface area contributed by atoms with E-state index >= 15 is 0 Å². The van der Waals surface area contributed by atoms with Gasteiger partial charge in [0.05, 0.1) is 18.8 Å². The molecule has 1 aromatic carbocycles. The molecule has 2 N–H and O–H groups in total. The van der Waals surface area contributed by atoms with Crippen molar-refractivity contribution in [3.05, 3.63) is 29.3 Å². The molecule has 1 aliphatic heterocycles. The summed E-state index contributed by atoms with van der Waals surface area (Å²) in [6.45, 7) is 8.08. The molecule has 45 heteroatoms. The second-order valence-corrected chi connectivity index (χ2v) is 8.53. The standard InChI is InChI=1S/C22H33N2O2.20F2.Y/c1-15-4-8-21(9-5-15)26-14-20-10-16(2)13-24(20)22(25)12-18-6-7-19(23)11-17(18)3;20*1-2;/h6,11,15-16,20-21H,4-5,8-10,12-14,23H2,1-3H3;;;;;;;;;;;;;;;;;;;;;/q-1;;;;;;;;;;;;;;;;;;;;;/t15?,16-,20-,21?;;;;;;;;;;;;;;;;;;;;;/m0...................../s1. The predicted octanol–water partition coefficient (Wildman–Crippen LogP) is 20.6. The van der Waals surface area contributed by atoms with Crippen LogP contribution in [0.3, 0.4) is 0 Å². The number of halogens is 40. The van der Waals surface area contributed by atoms with Crippen LogP contribution in [0.15, 0.2) is 12.1 Å². The number of aryl methyl sites for hydroxylation is 1. The largest absolute Gasteiger partial charge is 0.420 e. The topological polar surface area (TPSA) is 55.6 Å². The van der Waals surface area contributed by atoms with Crippen LogP contribution < -0.4 is 5.73 Å². The first kappa shape index (κ1) is 125. The molecule has 3 rings (SSSR count). The molecule has 4 nitrogen and oxygen atoms in total. The second kappa shape index (κ2) is 187. The average Bonchev–Trinajstić information content (AvgIpc) is 3.86. The van der Waals surface area contributed by atoms with Gasteiger partial charge in [0, 0.05) is 229 Å². The molecule has 2 aliphatic rings. The van der Waals surface area contributed by atoms with E-state index < -0.39 is 0 Å². The summed E-state index contributed by atoms with van der Waals surface area (Å²) in [4.78, 5) is 15.0.